The van der Waals surface area contributed by atoms with Crippen molar-refractivity contribution in [3.63, 3.8) is 0 Å². The van der Waals surface area contributed by atoms with E-state index >= 15 is 0 Å². The first kappa shape index (κ1) is 12.3. The molecule has 0 bridgehead atoms. The van der Waals surface area contributed by atoms with Crippen LogP contribution in [0.1, 0.15) is 51.3 Å². The van der Waals surface area contributed by atoms with Crippen LogP contribution in [-0.2, 0) is 11.8 Å². The maximum atomic E-state index is 2.35. The van der Waals surface area contributed by atoms with Crippen molar-refractivity contribution >= 4 is 0 Å². The van der Waals surface area contributed by atoms with Gasteiger partial charge in [0.1, 0.15) is 0 Å². The molecule has 0 heterocycles. The normalized spacial score (nSPS) is 12.2. The van der Waals surface area contributed by atoms with Gasteiger partial charge < -0.3 is 0 Å². The second-order valence-electron chi connectivity index (χ2n) is 6.00. The third kappa shape index (κ3) is 3.37. The number of rotatable bonds is 2. The van der Waals surface area contributed by atoms with E-state index in [1.165, 1.54) is 23.1 Å². The summed E-state index contributed by atoms with van der Waals surface area (Å²) < 4.78 is 0. The molecule has 0 aromatic heterocycles. The number of hydrogen-bond acceptors (Lipinski definition) is 0. The molecule has 84 valence electrons. The molecule has 1 rings (SSSR count). The summed E-state index contributed by atoms with van der Waals surface area (Å²) in [6, 6.07) is 6.93. The van der Waals surface area contributed by atoms with Gasteiger partial charge in [-0.05, 0) is 41.4 Å². The molecule has 0 unspecified atom stereocenters. The molecule has 0 N–H and O–H groups in total. The average Bonchev–Trinajstić information content (AvgIpc) is 1.99. The highest BCUT2D eigenvalue weighted by Gasteiger charge is 2.15. The van der Waals surface area contributed by atoms with Crippen LogP contribution in [0.2, 0.25) is 0 Å². The van der Waals surface area contributed by atoms with Crippen molar-refractivity contribution in [3.05, 3.63) is 34.9 Å². The lowest BCUT2D eigenvalue weighted by molar-refractivity contribution is 0.584. The molecular weight excluding hydrogens is 180 g/mol. The van der Waals surface area contributed by atoms with E-state index in [-0.39, 0.29) is 5.41 Å². The SMILES string of the molecule is Cc1cc(CC(C)C)ccc1C(C)(C)C. The Bertz CT molecular complexity index is 326. The summed E-state index contributed by atoms with van der Waals surface area (Å²) in [6.45, 7) is 13.6. The van der Waals surface area contributed by atoms with Gasteiger partial charge in [0.25, 0.3) is 0 Å². The van der Waals surface area contributed by atoms with Crippen molar-refractivity contribution in [3.8, 4) is 0 Å². The predicted octanol–water partition coefficient (Wildman–Crippen LogP) is 4.49. The van der Waals surface area contributed by atoms with Crippen LogP contribution in [0.5, 0.6) is 0 Å². The Morgan fingerprint density at radius 3 is 2.13 bits per heavy atom. The van der Waals surface area contributed by atoms with Gasteiger partial charge in [-0.25, -0.2) is 0 Å². The smallest absolute Gasteiger partial charge is 0.0129 e. The van der Waals surface area contributed by atoms with Gasteiger partial charge in [-0.15, -0.1) is 0 Å². The summed E-state index contributed by atoms with van der Waals surface area (Å²) >= 11 is 0. The van der Waals surface area contributed by atoms with Crippen LogP contribution in [-0.4, -0.2) is 0 Å². The highest BCUT2D eigenvalue weighted by atomic mass is 14.2. The molecule has 0 saturated heterocycles. The Balaban J connectivity index is 2.99. The van der Waals surface area contributed by atoms with Crippen LogP contribution >= 0.6 is 0 Å². The minimum absolute atomic E-state index is 0.264. The number of hydrogen-bond donors (Lipinski definition) is 0. The molecule has 0 aliphatic rings. The molecule has 1 aromatic carbocycles. The lowest BCUT2D eigenvalue weighted by Crippen LogP contribution is -2.13. The van der Waals surface area contributed by atoms with Gasteiger partial charge in [0.15, 0.2) is 0 Å². The minimum atomic E-state index is 0.264. The van der Waals surface area contributed by atoms with Crippen molar-refractivity contribution in [1.82, 2.24) is 0 Å². The van der Waals surface area contributed by atoms with Gasteiger partial charge in [0.05, 0.1) is 0 Å². The van der Waals surface area contributed by atoms with E-state index in [0.717, 1.165) is 5.92 Å². The third-order valence-electron chi connectivity index (χ3n) is 2.74. The maximum Gasteiger partial charge on any atom is -0.0129 e. The highest BCUT2D eigenvalue weighted by Crippen LogP contribution is 2.26. The standard InChI is InChI=1S/C15H24/c1-11(2)9-13-7-8-14(12(3)10-13)15(4,5)6/h7-8,10-11H,9H2,1-6H3. The quantitative estimate of drug-likeness (QED) is 0.666. The Morgan fingerprint density at radius 1 is 1.13 bits per heavy atom. The molecule has 0 heteroatoms. The zero-order chi connectivity index (χ0) is 11.6. The summed E-state index contributed by atoms with van der Waals surface area (Å²) in [5.74, 6) is 0.741. The van der Waals surface area contributed by atoms with Gasteiger partial charge >= 0.3 is 0 Å². The summed E-state index contributed by atoms with van der Waals surface area (Å²) in [6.07, 6.45) is 1.19. The molecule has 1 aromatic rings. The van der Waals surface area contributed by atoms with E-state index in [4.69, 9.17) is 0 Å². The maximum absolute atomic E-state index is 2.35. The molecule has 0 amide bonds. The Morgan fingerprint density at radius 2 is 1.73 bits per heavy atom. The first-order chi connectivity index (χ1) is 6.80. The molecule has 0 saturated carbocycles. The fourth-order valence-corrected chi connectivity index (χ4v) is 2.17. The fourth-order valence-electron chi connectivity index (χ4n) is 2.17. The van der Waals surface area contributed by atoms with Gasteiger partial charge in [-0.1, -0.05) is 52.8 Å². The number of benzene rings is 1. The van der Waals surface area contributed by atoms with Crippen LogP contribution in [0.25, 0.3) is 0 Å². The van der Waals surface area contributed by atoms with E-state index in [1.54, 1.807) is 0 Å². The molecular formula is C15H24. The average molecular weight is 204 g/mol. The van der Waals surface area contributed by atoms with E-state index in [0.29, 0.717) is 0 Å². The van der Waals surface area contributed by atoms with E-state index in [9.17, 15) is 0 Å². The lowest BCUT2D eigenvalue weighted by atomic mass is 9.83. The molecule has 0 atom stereocenters. The van der Waals surface area contributed by atoms with Crippen LogP contribution in [0.3, 0.4) is 0 Å². The van der Waals surface area contributed by atoms with Crippen LogP contribution in [0, 0.1) is 12.8 Å². The van der Waals surface area contributed by atoms with Gasteiger partial charge in [0, 0.05) is 0 Å². The van der Waals surface area contributed by atoms with Crippen LogP contribution in [0.15, 0.2) is 18.2 Å². The third-order valence-corrected chi connectivity index (χ3v) is 2.74. The van der Waals surface area contributed by atoms with Crippen molar-refractivity contribution in [2.24, 2.45) is 5.92 Å². The molecule has 15 heavy (non-hydrogen) atoms. The van der Waals surface area contributed by atoms with E-state index in [2.05, 4.69) is 59.7 Å². The molecule has 0 spiro atoms. The zero-order valence-electron chi connectivity index (χ0n) is 11.0. The summed E-state index contributed by atoms with van der Waals surface area (Å²) in [5.41, 5.74) is 4.63. The second-order valence-corrected chi connectivity index (χ2v) is 6.00. The topological polar surface area (TPSA) is 0 Å². The first-order valence-electron chi connectivity index (χ1n) is 5.90. The Hall–Kier alpha value is -0.780. The Labute approximate surface area is 94.7 Å². The van der Waals surface area contributed by atoms with Crippen molar-refractivity contribution < 1.29 is 0 Å². The minimum Gasteiger partial charge on any atom is -0.0625 e. The summed E-state index contributed by atoms with van der Waals surface area (Å²) in [7, 11) is 0. The van der Waals surface area contributed by atoms with E-state index in [1.807, 2.05) is 0 Å². The zero-order valence-corrected chi connectivity index (χ0v) is 11.0. The fraction of sp³-hybridized carbons (Fsp3) is 0.600. The first-order valence-corrected chi connectivity index (χ1v) is 5.90. The lowest BCUT2D eigenvalue weighted by Gasteiger charge is -2.22. The van der Waals surface area contributed by atoms with Crippen molar-refractivity contribution in [2.75, 3.05) is 0 Å². The van der Waals surface area contributed by atoms with Gasteiger partial charge in [0.2, 0.25) is 0 Å². The largest absolute Gasteiger partial charge is 0.0625 e. The van der Waals surface area contributed by atoms with Crippen molar-refractivity contribution in [2.45, 2.75) is 53.4 Å². The van der Waals surface area contributed by atoms with E-state index < -0.39 is 0 Å². The van der Waals surface area contributed by atoms with Gasteiger partial charge in [-0.2, -0.15) is 0 Å². The molecule has 0 nitrogen and oxygen atoms in total. The monoisotopic (exact) mass is 204 g/mol. The number of aryl methyl sites for hydroxylation is 1. The van der Waals surface area contributed by atoms with Gasteiger partial charge in [-0.3, -0.25) is 0 Å². The molecule has 0 fully saturated rings. The summed E-state index contributed by atoms with van der Waals surface area (Å²) in [5, 5.41) is 0. The van der Waals surface area contributed by atoms with Crippen LogP contribution in [0.4, 0.5) is 0 Å². The molecule has 0 aliphatic carbocycles. The highest BCUT2D eigenvalue weighted by molar-refractivity contribution is 5.35. The predicted molar refractivity (Wildman–Crippen MR) is 68.4 cm³/mol. The van der Waals surface area contributed by atoms with Crippen molar-refractivity contribution in [1.29, 1.82) is 0 Å². The Kier molecular flexibility index (Phi) is 3.59. The summed E-state index contributed by atoms with van der Waals surface area (Å²) in [4.78, 5) is 0. The molecule has 0 radical (unpaired) electrons. The second kappa shape index (κ2) is 4.38. The molecule has 0 aliphatic heterocycles. The van der Waals surface area contributed by atoms with Crippen LogP contribution < -0.4 is 0 Å².